The Balaban J connectivity index is 2.11. The van der Waals surface area contributed by atoms with Gasteiger partial charge in [0.25, 0.3) is 12.3 Å². The van der Waals surface area contributed by atoms with Gasteiger partial charge in [-0.1, -0.05) is 0 Å². The van der Waals surface area contributed by atoms with Crippen LogP contribution < -0.4 is 5.32 Å². The molecule has 1 aliphatic rings. The summed E-state index contributed by atoms with van der Waals surface area (Å²) < 4.78 is 52.1. The van der Waals surface area contributed by atoms with E-state index in [2.05, 4.69) is 10.3 Å². The molecule has 1 saturated carbocycles. The highest BCUT2D eigenvalue weighted by atomic mass is 19.3. The maximum Gasteiger partial charge on any atom is 0.337 e. The van der Waals surface area contributed by atoms with Crippen molar-refractivity contribution >= 4 is 11.9 Å². The van der Waals surface area contributed by atoms with Crippen LogP contribution in [-0.2, 0) is 11.3 Å². The fourth-order valence-corrected chi connectivity index (χ4v) is 2.30. The number of carboxylic acids is 1. The molecular weight excluding hydrogens is 320 g/mol. The van der Waals surface area contributed by atoms with Crippen LogP contribution in [-0.4, -0.2) is 27.9 Å². The van der Waals surface area contributed by atoms with Gasteiger partial charge in [-0.25, -0.2) is 22.4 Å². The maximum absolute atomic E-state index is 13.4. The van der Waals surface area contributed by atoms with Crippen LogP contribution in [0, 0.1) is 5.41 Å². The van der Waals surface area contributed by atoms with Gasteiger partial charge in [-0.15, -0.1) is 0 Å². The number of pyridine rings is 1. The van der Waals surface area contributed by atoms with E-state index in [1.54, 1.807) is 0 Å². The van der Waals surface area contributed by atoms with Crippen molar-refractivity contribution in [3.05, 3.63) is 29.1 Å². The minimum atomic E-state index is -3.17. The van der Waals surface area contributed by atoms with Crippen LogP contribution in [0.5, 0.6) is 0 Å². The summed E-state index contributed by atoms with van der Waals surface area (Å²) >= 11 is 0. The van der Waals surface area contributed by atoms with Gasteiger partial charge in [0.1, 0.15) is 11.1 Å². The van der Waals surface area contributed by atoms with E-state index in [0.717, 1.165) is 12.3 Å². The largest absolute Gasteiger partial charge is 0.478 e. The monoisotopic (exact) mass is 334 g/mol. The average molecular weight is 334 g/mol. The molecule has 1 amide bonds. The molecule has 0 aromatic carbocycles. The topological polar surface area (TPSA) is 79.3 Å². The van der Waals surface area contributed by atoms with Gasteiger partial charge in [-0.2, -0.15) is 0 Å². The number of carbonyl (C=O) groups excluding carboxylic acids is 1. The van der Waals surface area contributed by atoms with Crippen molar-refractivity contribution < 1.29 is 32.3 Å². The van der Waals surface area contributed by atoms with E-state index in [1.165, 1.54) is 0 Å². The molecular formula is C14H14F4N2O3. The fraction of sp³-hybridized carbons (Fsp3) is 0.500. The van der Waals surface area contributed by atoms with Gasteiger partial charge in [0.15, 0.2) is 0 Å². The summed E-state index contributed by atoms with van der Waals surface area (Å²) in [6.07, 6.45) is -1.95. The molecule has 0 saturated heterocycles. The highest BCUT2D eigenvalue weighted by Gasteiger charge is 2.64. The van der Waals surface area contributed by atoms with E-state index >= 15 is 0 Å². The van der Waals surface area contributed by atoms with Gasteiger partial charge in [0.2, 0.25) is 5.91 Å². The summed E-state index contributed by atoms with van der Waals surface area (Å²) in [5, 5.41) is 11.2. The molecule has 1 heterocycles. The number of nitrogens with one attached hydrogen (secondary N) is 1. The molecule has 2 rings (SSSR count). The first kappa shape index (κ1) is 17.2. The Morgan fingerprint density at radius 2 is 2.04 bits per heavy atom. The van der Waals surface area contributed by atoms with E-state index in [0.29, 0.717) is 6.92 Å². The Hall–Kier alpha value is -2.19. The molecule has 1 fully saturated rings. The number of alkyl halides is 4. The third kappa shape index (κ3) is 3.27. The van der Waals surface area contributed by atoms with Crippen LogP contribution in [0.25, 0.3) is 0 Å². The van der Waals surface area contributed by atoms with Crippen LogP contribution in [0.15, 0.2) is 12.3 Å². The summed E-state index contributed by atoms with van der Waals surface area (Å²) in [6, 6.07) is 0.945. The molecule has 0 spiro atoms. The molecule has 1 aromatic rings. The predicted octanol–water partition coefficient (Wildman–Crippen LogP) is 2.77. The number of amides is 1. The second-order valence-electron chi connectivity index (χ2n) is 5.54. The molecule has 5 nitrogen and oxygen atoms in total. The number of carbonyl (C=O) groups is 2. The normalized spacial score (nSPS) is 16.3. The second kappa shape index (κ2) is 5.78. The smallest absolute Gasteiger partial charge is 0.337 e. The lowest BCUT2D eigenvalue weighted by Gasteiger charge is -2.22. The first-order valence-corrected chi connectivity index (χ1v) is 6.75. The predicted molar refractivity (Wildman–Crippen MR) is 70.3 cm³/mol. The summed E-state index contributed by atoms with van der Waals surface area (Å²) in [5.74, 6) is -5.60. The van der Waals surface area contributed by atoms with Crippen LogP contribution in [0.4, 0.5) is 17.6 Å². The molecule has 9 heteroatoms. The van der Waals surface area contributed by atoms with Crippen molar-refractivity contribution in [2.45, 2.75) is 38.7 Å². The number of hydrogen-bond acceptors (Lipinski definition) is 3. The second-order valence-corrected chi connectivity index (χ2v) is 5.54. The summed E-state index contributed by atoms with van der Waals surface area (Å²) in [7, 11) is 0. The van der Waals surface area contributed by atoms with Crippen molar-refractivity contribution in [3.63, 3.8) is 0 Å². The third-order valence-corrected chi connectivity index (χ3v) is 3.89. The zero-order chi connectivity index (χ0) is 17.4. The lowest BCUT2D eigenvalue weighted by Crippen LogP contribution is -2.41. The first-order valence-electron chi connectivity index (χ1n) is 6.75. The maximum atomic E-state index is 13.4. The average Bonchev–Trinajstić information content (AvgIpc) is 3.25. The number of nitrogens with zero attached hydrogens (tertiary/aromatic N) is 1. The Morgan fingerprint density at radius 3 is 2.48 bits per heavy atom. The van der Waals surface area contributed by atoms with Crippen LogP contribution >= 0.6 is 0 Å². The van der Waals surface area contributed by atoms with Crippen molar-refractivity contribution in [2.75, 3.05) is 0 Å². The third-order valence-electron chi connectivity index (χ3n) is 3.89. The number of aromatic carboxylic acids is 1. The van der Waals surface area contributed by atoms with Gasteiger partial charge in [-0.05, 0) is 24.5 Å². The summed E-state index contributed by atoms with van der Waals surface area (Å²) in [6.45, 7) is 0.397. The minimum absolute atomic E-state index is 0.0608. The molecule has 0 unspecified atom stereocenters. The van der Waals surface area contributed by atoms with Gasteiger partial charge in [0.05, 0.1) is 5.56 Å². The highest BCUT2D eigenvalue weighted by molar-refractivity contribution is 5.89. The Morgan fingerprint density at radius 1 is 1.43 bits per heavy atom. The molecule has 0 atom stereocenters. The molecule has 0 aliphatic heterocycles. The van der Waals surface area contributed by atoms with Gasteiger partial charge < -0.3 is 10.4 Å². The zero-order valence-electron chi connectivity index (χ0n) is 12.1. The van der Waals surface area contributed by atoms with Crippen LogP contribution in [0.3, 0.4) is 0 Å². The Labute approximate surface area is 128 Å². The quantitative estimate of drug-likeness (QED) is 0.784. The van der Waals surface area contributed by atoms with E-state index in [4.69, 9.17) is 5.11 Å². The first-order chi connectivity index (χ1) is 10.6. The van der Waals surface area contributed by atoms with Crippen LogP contribution in [0.1, 0.15) is 47.8 Å². The van der Waals surface area contributed by atoms with Gasteiger partial charge in [0, 0.05) is 19.7 Å². The molecule has 2 N–H and O–H groups in total. The highest BCUT2D eigenvalue weighted by Crippen LogP contribution is 2.56. The van der Waals surface area contributed by atoms with Crippen molar-refractivity contribution in [2.24, 2.45) is 5.41 Å². The zero-order valence-corrected chi connectivity index (χ0v) is 12.1. The number of aromatic nitrogens is 1. The minimum Gasteiger partial charge on any atom is -0.478 e. The van der Waals surface area contributed by atoms with Gasteiger partial charge in [-0.3, -0.25) is 9.78 Å². The Kier molecular flexibility index (Phi) is 4.32. The number of rotatable bonds is 6. The van der Waals surface area contributed by atoms with Gasteiger partial charge >= 0.3 is 5.97 Å². The standard InChI is InChI=1S/C14H14F4N2O3/c1-13(17,18)14(2-3-14)12(23)20-6-7-4-8(11(21)22)9(10(15)16)19-5-7/h4-5,10H,2-3,6H2,1H3,(H,20,23)(H,21,22). The SMILES string of the molecule is CC(F)(F)C1(C(=O)NCc2cnc(C(F)F)c(C(=O)O)c2)CC1. The summed E-state index contributed by atoms with van der Waals surface area (Å²) in [4.78, 5) is 26.2. The van der Waals surface area contributed by atoms with E-state index < -0.39 is 40.9 Å². The number of carboxylic acid groups (broad SMARTS) is 1. The summed E-state index contributed by atoms with van der Waals surface area (Å²) in [5.41, 5.74) is -3.17. The lowest BCUT2D eigenvalue weighted by molar-refractivity contribution is -0.141. The number of hydrogen-bond donors (Lipinski definition) is 2. The number of halogens is 4. The molecule has 0 radical (unpaired) electrons. The van der Waals surface area contributed by atoms with E-state index in [-0.39, 0.29) is 24.9 Å². The molecule has 0 bridgehead atoms. The molecule has 126 valence electrons. The van der Waals surface area contributed by atoms with Crippen molar-refractivity contribution in [1.82, 2.24) is 10.3 Å². The van der Waals surface area contributed by atoms with E-state index in [9.17, 15) is 27.2 Å². The molecule has 23 heavy (non-hydrogen) atoms. The Bertz CT molecular complexity index is 639. The van der Waals surface area contributed by atoms with Crippen LogP contribution in [0.2, 0.25) is 0 Å². The lowest BCUT2D eigenvalue weighted by atomic mass is 9.98. The van der Waals surface area contributed by atoms with Crippen molar-refractivity contribution in [1.29, 1.82) is 0 Å². The molecule has 1 aliphatic carbocycles. The fourth-order valence-electron chi connectivity index (χ4n) is 2.30. The molecule has 1 aromatic heterocycles. The van der Waals surface area contributed by atoms with Crippen molar-refractivity contribution in [3.8, 4) is 0 Å². The van der Waals surface area contributed by atoms with E-state index in [1.807, 2.05) is 0 Å².